The van der Waals surface area contributed by atoms with Crippen molar-refractivity contribution in [2.24, 2.45) is 15.9 Å². The van der Waals surface area contributed by atoms with Gasteiger partial charge in [0.1, 0.15) is 12.5 Å². The monoisotopic (exact) mass is 429 g/mol. The number of nitro groups is 1. The topological polar surface area (TPSA) is 124 Å². The lowest BCUT2D eigenvalue weighted by molar-refractivity contribution is -0.385. The molecule has 0 aliphatic carbocycles. The Bertz CT molecular complexity index is 1010. The largest absolute Gasteiger partial charge is 0.502 e. The van der Waals surface area contributed by atoms with Crippen molar-refractivity contribution in [2.45, 2.75) is 52.5 Å². The summed E-state index contributed by atoms with van der Waals surface area (Å²) in [7, 11) is 0. The van der Waals surface area contributed by atoms with Crippen LogP contribution >= 0.6 is 0 Å². The lowest BCUT2D eigenvalue weighted by Crippen LogP contribution is -2.36. The van der Waals surface area contributed by atoms with E-state index in [1.54, 1.807) is 19.9 Å². The number of ether oxygens (including phenoxy) is 2. The molecule has 166 valence electrons. The number of carbonyl (C=O) groups excluding carboxylic acids is 1. The molecule has 0 aromatic heterocycles. The summed E-state index contributed by atoms with van der Waals surface area (Å²) in [4.78, 5) is 32.8. The number of aliphatic imine (C=N–C) groups is 2. The van der Waals surface area contributed by atoms with E-state index in [1.165, 1.54) is 12.1 Å². The third kappa shape index (κ3) is 4.30. The van der Waals surface area contributed by atoms with Gasteiger partial charge in [-0.15, -0.1) is 0 Å². The number of allylic oxidation sites excluding steroid dienone is 1. The van der Waals surface area contributed by atoms with Crippen LogP contribution in [-0.2, 0) is 14.3 Å². The number of rotatable bonds is 6. The Labute approximate surface area is 180 Å². The van der Waals surface area contributed by atoms with E-state index in [9.17, 15) is 20.0 Å². The van der Waals surface area contributed by atoms with Gasteiger partial charge in [-0.05, 0) is 45.7 Å². The number of nitrogens with zero attached hydrogens (tertiary/aromatic N) is 3. The zero-order valence-electron chi connectivity index (χ0n) is 18.3. The summed E-state index contributed by atoms with van der Waals surface area (Å²) in [6, 6.07) is 4.10. The summed E-state index contributed by atoms with van der Waals surface area (Å²) in [5.74, 6) is -1.93. The number of aromatic hydroxyl groups is 1. The molecule has 2 aliphatic rings. The lowest BCUT2D eigenvalue weighted by Gasteiger charge is -2.32. The SMILES string of the molecule is CCOC(=O)C1C(C)=NC(CC)=C(C2=NC(C)(C)CO2)C1c1ccc([N+](=O)[O-])c(O)c1. The number of esters is 1. The molecule has 1 N–H and O–H groups in total. The molecular weight excluding hydrogens is 402 g/mol. The van der Waals surface area contributed by atoms with Crippen LogP contribution in [0.5, 0.6) is 5.75 Å². The zero-order valence-corrected chi connectivity index (χ0v) is 18.3. The standard InChI is InChI=1S/C22H27N3O6/c1-6-14-19(20-24-22(4,5)11-31-20)18(17(12(3)23-14)21(27)30-7-2)13-8-9-15(25(28)29)16(26)10-13/h8-10,17-18,26H,6-7,11H2,1-5H3. The Hall–Kier alpha value is -3.23. The molecule has 2 atom stereocenters. The highest BCUT2D eigenvalue weighted by Crippen LogP contribution is 2.44. The van der Waals surface area contributed by atoms with Crippen LogP contribution in [0.4, 0.5) is 5.69 Å². The average molecular weight is 429 g/mol. The van der Waals surface area contributed by atoms with E-state index < -0.39 is 39.7 Å². The maximum atomic E-state index is 13.0. The molecular formula is C22H27N3O6. The fraction of sp³-hybridized carbons (Fsp3) is 0.500. The molecule has 0 saturated carbocycles. The first-order valence-electron chi connectivity index (χ1n) is 10.2. The molecule has 0 fully saturated rings. The van der Waals surface area contributed by atoms with Gasteiger partial charge in [0.05, 0.1) is 17.1 Å². The Kier molecular flexibility index (Phi) is 6.15. The second-order valence-corrected chi connectivity index (χ2v) is 8.20. The van der Waals surface area contributed by atoms with Crippen LogP contribution in [-0.4, -0.2) is 46.4 Å². The van der Waals surface area contributed by atoms with E-state index in [1.807, 2.05) is 20.8 Å². The molecule has 0 spiro atoms. The average Bonchev–Trinajstić information content (AvgIpc) is 3.05. The highest BCUT2D eigenvalue weighted by Gasteiger charge is 2.44. The van der Waals surface area contributed by atoms with Crippen LogP contribution in [0.3, 0.4) is 0 Å². The Balaban J connectivity index is 2.24. The van der Waals surface area contributed by atoms with Crippen molar-refractivity contribution in [3.63, 3.8) is 0 Å². The van der Waals surface area contributed by atoms with Gasteiger partial charge in [0.25, 0.3) is 0 Å². The molecule has 0 radical (unpaired) electrons. The lowest BCUT2D eigenvalue weighted by atomic mass is 9.75. The molecule has 0 amide bonds. The number of carbonyl (C=O) groups is 1. The highest BCUT2D eigenvalue weighted by molar-refractivity contribution is 6.08. The summed E-state index contributed by atoms with van der Waals surface area (Å²) < 4.78 is 11.2. The van der Waals surface area contributed by atoms with Crippen molar-refractivity contribution in [1.82, 2.24) is 0 Å². The molecule has 0 saturated heterocycles. The van der Waals surface area contributed by atoms with Gasteiger partial charge in [-0.1, -0.05) is 13.0 Å². The van der Waals surface area contributed by atoms with Gasteiger partial charge in [0.15, 0.2) is 5.75 Å². The number of phenols is 1. The second-order valence-electron chi connectivity index (χ2n) is 8.20. The highest BCUT2D eigenvalue weighted by atomic mass is 16.6. The predicted molar refractivity (Wildman–Crippen MR) is 116 cm³/mol. The number of hydrogen-bond donors (Lipinski definition) is 1. The summed E-state index contributed by atoms with van der Waals surface area (Å²) in [5.41, 5.74) is 1.61. The number of hydrogen-bond acceptors (Lipinski definition) is 8. The van der Waals surface area contributed by atoms with Gasteiger partial charge in [-0.2, -0.15) is 0 Å². The maximum absolute atomic E-state index is 13.0. The Morgan fingerprint density at radius 3 is 2.61 bits per heavy atom. The minimum absolute atomic E-state index is 0.199. The quantitative estimate of drug-likeness (QED) is 0.415. The van der Waals surface area contributed by atoms with Crippen LogP contribution < -0.4 is 0 Å². The molecule has 2 aliphatic heterocycles. The molecule has 1 aromatic carbocycles. The van der Waals surface area contributed by atoms with Crippen LogP contribution in [0.15, 0.2) is 39.5 Å². The van der Waals surface area contributed by atoms with Crippen LogP contribution in [0, 0.1) is 16.0 Å². The first kappa shape index (κ1) is 22.5. The van der Waals surface area contributed by atoms with Crippen molar-refractivity contribution >= 4 is 23.3 Å². The zero-order chi connectivity index (χ0) is 22.9. The Morgan fingerprint density at radius 2 is 2.10 bits per heavy atom. The molecule has 2 unspecified atom stereocenters. The van der Waals surface area contributed by atoms with Crippen molar-refractivity contribution in [1.29, 1.82) is 0 Å². The third-order valence-corrected chi connectivity index (χ3v) is 5.34. The van der Waals surface area contributed by atoms with Gasteiger partial charge < -0.3 is 14.6 Å². The predicted octanol–water partition coefficient (Wildman–Crippen LogP) is 3.91. The van der Waals surface area contributed by atoms with Gasteiger partial charge >= 0.3 is 11.7 Å². The molecule has 31 heavy (non-hydrogen) atoms. The molecule has 0 bridgehead atoms. The van der Waals surface area contributed by atoms with E-state index in [-0.39, 0.29) is 6.61 Å². The second kappa shape index (κ2) is 8.49. The summed E-state index contributed by atoms with van der Waals surface area (Å²) >= 11 is 0. The van der Waals surface area contributed by atoms with E-state index in [4.69, 9.17) is 14.5 Å². The molecule has 1 aromatic rings. The van der Waals surface area contributed by atoms with Gasteiger partial charge in [-0.3, -0.25) is 19.9 Å². The van der Waals surface area contributed by atoms with E-state index in [0.717, 1.165) is 5.70 Å². The smallest absolute Gasteiger partial charge is 0.315 e. The first-order valence-corrected chi connectivity index (χ1v) is 10.2. The number of nitro benzene ring substituents is 1. The van der Waals surface area contributed by atoms with E-state index in [0.29, 0.717) is 35.8 Å². The normalized spacial score (nSPS) is 22.5. The fourth-order valence-electron chi connectivity index (χ4n) is 3.96. The van der Waals surface area contributed by atoms with Crippen LogP contribution in [0.2, 0.25) is 0 Å². The first-order chi connectivity index (χ1) is 14.6. The molecule has 3 rings (SSSR count). The minimum Gasteiger partial charge on any atom is -0.502 e. The third-order valence-electron chi connectivity index (χ3n) is 5.34. The molecule has 9 nitrogen and oxygen atoms in total. The van der Waals surface area contributed by atoms with E-state index >= 15 is 0 Å². The maximum Gasteiger partial charge on any atom is 0.315 e. The Morgan fingerprint density at radius 1 is 1.39 bits per heavy atom. The molecule has 9 heteroatoms. The number of benzene rings is 1. The van der Waals surface area contributed by atoms with Crippen molar-refractivity contribution in [3.8, 4) is 5.75 Å². The van der Waals surface area contributed by atoms with Gasteiger partial charge in [0.2, 0.25) is 5.90 Å². The summed E-state index contributed by atoms with van der Waals surface area (Å²) in [5, 5.41) is 21.4. The van der Waals surface area contributed by atoms with Gasteiger partial charge in [-0.25, -0.2) is 4.99 Å². The van der Waals surface area contributed by atoms with E-state index in [2.05, 4.69) is 4.99 Å². The fourth-order valence-corrected chi connectivity index (χ4v) is 3.96. The number of phenolic OH excluding ortho intramolecular Hbond substituents is 1. The van der Waals surface area contributed by atoms with Crippen molar-refractivity contribution in [2.75, 3.05) is 13.2 Å². The molecule has 2 heterocycles. The summed E-state index contributed by atoms with van der Waals surface area (Å²) in [6.07, 6.45) is 0.570. The summed E-state index contributed by atoms with van der Waals surface area (Å²) in [6.45, 7) is 9.90. The van der Waals surface area contributed by atoms with Crippen molar-refractivity contribution < 1.29 is 24.3 Å². The van der Waals surface area contributed by atoms with Crippen LogP contribution in [0.1, 0.15) is 52.5 Å². The minimum atomic E-state index is -0.777. The van der Waals surface area contributed by atoms with Crippen molar-refractivity contribution in [3.05, 3.63) is 45.1 Å². The van der Waals surface area contributed by atoms with Gasteiger partial charge in [0, 0.05) is 29.0 Å². The van der Waals surface area contributed by atoms with Crippen LogP contribution in [0.25, 0.3) is 0 Å².